The lowest BCUT2D eigenvalue weighted by Gasteiger charge is -2.25. The van der Waals surface area contributed by atoms with Gasteiger partial charge in [-0.05, 0) is 37.3 Å². The highest BCUT2D eigenvalue weighted by atomic mass is 16.2. The van der Waals surface area contributed by atoms with Gasteiger partial charge in [-0.25, -0.2) is 0 Å². The average Bonchev–Trinajstić information content (AvgIpc) is 3.35. The van der Waals surface area contributed by atoms with Crippen LogP contribution in [0.25, 0.3) is 0 Å². The van der Waals surface area contributed by atoms with Gasteiger partial charge in [0.15, 0.2) is 0 Å². The number of benzene rings is 1. The number of para-hydroxylation sites is 1. The van der Waals surface area contributed by atoms with Gasteiger partial charge in [-0.1, -0.05) is 31.0 Å². The predicted molar refractivity (Wildman–Crippen MR) is 111 cm³/mol. The molecule has 3 amide bonds. The van der Waals surface area contributed by atoms with Crippen molar-refractivity contribution in [2.24, 2.45) is 11.8 Å². The zero-order valence-corrected chi connectivity index (χ0v) is 17.3. The van der Waals surface area contributed by atoms with Crippen LogP contribution in [-0.2, 0) is 20.9 Å². The van der Waals surface area contributed by atoms with Crippen molar-refractivity contribution in [2.45, 2.75) is 51.5 Å². The first kappa shape index (κ1) is 19.9. The van der Waals surface area contributed by atoms with Crippen LogP contribution in [0.4, 0.5) is 5.69 Å². The van der Waals surface area contributed by atoms with E-state index in [9.17, 15) is 14.4 Å². The summed E-state index contributed by atoms with van der Waals surface area (Å²) in [6, 6.07) is 8.26. The zero-order chi connectivity index (χ0) is 20.4. The Morgan fingerprint density at radius 2 is 1.62 bits per heavy atom. The quantitative estimate of drug-likeness (QED) is 0.693. The molecule has 29 heavy (non-hydrogen) atoms. The van der Waals surface area contributed by atoms with Gasteiger partial charge in [-0.2, -0.15) is 0 Å². The highest BCUT2D eigenvalue weighted by Gasteiger charge is 2.47. The Bertz CT molecular complexity index is 763. The number of nitrogens with zero attached hydrogens (tertiary/aromatic N) is 3. The number of hydrogen-bond acceptors (Lipinski definition) is 4. The molecule has 0 radical (unpaired) electrons. The van der Waals surface area contributed by atoms with Gasteiger partial charge in [0.05, 0.1) is 11.8 Å². The summed E-state index contributed by atoms with van der Waals surface area (Å²) in [5.74, 6) is -0.436. The number of hydrogen-bond donors (Lipinski definition) is 0. The minimum absolute atomic E-state index is 0.0308. The third kappa shape index (κ3) is 4.02. The maximum atomic E-state index is 12.7. The molecule has 0 spiro atoms. The SMILES string of the molecule is CN(Cc1ccccc1N1CCCC1)C(=O)CCN1C(=O)C2CCCCC2C1=O. The van der Waals surface area contributed by atoms with Crippen molar-refractivity contribution < 1.29 is 14.4 Å². The topological polar surface area (TPSA) is 60.9 Å². The normalized spacial score (nSPS) is 24.2. The van der Waals surface area contributed by atoms with Crippen molar-refractivity contribution in [2.75, 3.05) is 31.6 Å². The molecule has 4 rings (SSSR count). The first-order valence-electron chi connectivity index (χ1n) is 11.0. The van der Waals surface area contributed by atoms with E-state index in [2.05, 4.69) is 17.0 Å². The Morgan fingerprint density at radius 3 is 2.28 bits per heavy atom. The van der Waals surface area contributed by atoms with Crippen LogP contribution >= 0.6 is 0 Å². The zero-order valence-electron chi connectivity index (χ0n) is 17.3. The maximum Gasteiger partial charge on any atom is 0.233 e. The molecule has 1 aromatic rings. The van der Waals surface area contributed by atoms with Crippen LogP contribution in [0.2, 0.25) is 0 Å². The third-order valence-corrected chi connectivity index (χ3v) is 6.75. The molecule has 1 saturated carbocycles. The van der Waals surface area contributed by atoms with Gasteiger partial charge in [0.25, 0.3) is 0 Å². The Labute approximate surface area is 172 Å². The molecule has 3 fully saturated rings. The molecule has 2 unspecified atom stereocenters. The highest BCUT2D eigenvalue weighted by molar-refractivity contribution is 6.05. The molecule has 2 heterocycles. The van der Waals surface area contributed by atoms with Crippen LogP contribution in [0.15, 0.2) is 24.3 Å². The fourth-order valence-corrected chi connectivity index (χ4v) is 5.10. The molecular weight excluding hydrogens is 366 g/mol. The number of carbonyl (C=O) groups excluding carboxylic acids is 3. The maximum absolute atomic E-state index is 12.7. The molecule has 3 aliphatic rings. The number of carbonyl (C=O) groups is 3. The lowest BCUT2D eigenvalue weighted by atomic mass is 9.81. The molecule has 0 bridgehead atoms. The Hall–Kier alpha value is -2.37. The minimum atomic E-state index is -0.142. The first-order valence-corrected chi connectivity index (χ1v) is 11.0. The molecule has 6 heteroatoms. The average molecular weight is 398 g/mol. The van der Waals surface area contributed by atoms with E-state index in [1.807, 2.05) is 12.1 Å². The Balaban J connectivity index is 1.35. The number of fused-ring (bicyclic) bond motifs is 1. The number of amides is 3. The van der Waals surface area contributed by atoms with E-state index in [1.54, 1.807) is 11.9 Å². The van der Waals surface area contributed by atoms with Gasteiger partial charge in [0.1, 0.15) is 0 Å². The van der Waals surface area contributed by atoms with E-state index in [4.69, 9.17) is 0 Å². The second-order valence-corrected chi connectivity index (χ2v) is 8.65. The Kier molecular flexibility index (Phi) is 5.88. The van der Waals surface area contributed by atoms with Gasteiger partial charge in [-0.15, -0.1) is 0 Å². The highest BCUT2D eigenvalue weighted by Crippen LogP contribution is 2.38. The van der Waals surface area contributed by atoms with Crippen LogP contribution < -0.4 is 4.90 Å². The summed E-state index contributed by atoms with van der Waals surface area (Å²) in [7, 11) is 1.80. The number of rotatable bonds is 6. The molecule has 156 valence electrons. The summed E-state index contributed by atoms with van der Waals surface area (Å²) in [5.41, 5.74) is 2.35. The minimum Gasteiger partial charge on any atom is -0.371 e. The monoisotopic (exact) mass is 397 g/mol. The summed E-state index contributed by atoms with van der Waals surface area (Å²) in [6.45, 7) is 2.88. The first-order chi connectivity index (χ1) is 14.1. The van der Waals surface area contributed by atoms with Gasteiger partial charge in [0.2, 0.25) is 17.7 Å². The van der Waals surface area contributed by atoms with E-state index in [1.165, 1.54) is 23.4 Å². The molecule has 1 aliphatic carbocycles. The second-order valence-electron chi connectivity index (χ2n) is 8.65. The van der Waals surface area contributed by atoms with E-state index >= 15 is 0 Å². The van der Waals surface area contributed by atoms with Crippen molar-refractivity contribution in [3.63, 3.8) is 0 Å². The number of likely N-dealkylation sites (tertiary alicyclic amines) is 1. The summed E-state index contributed by atoms with van der Waals surface area (Å²) in [6.07, 6.45) is 6.28. The van der Waals surface area contributed by atoms with Crippen LogP contribution in [0.3, 0.4) is 0 Å². The van der Waals surface area contributed by atoms with Crippen molar-refractivity contribution in [3.8, 4) is 0 Å². The van der Waals surface area contributed by atoms with E-state index in [0.29, 0.717) is 6.54 Å². The molecule has 6 nitrogen and oxygen atoms in total. The largest absolute Gasteiger partial charge is 0.371 e. The summed E-state index contributed by atoms with van der Waals surface area (Å²) >= 11 is 0. The van der Waals surface area contributed by atoms with Crippen LogP contribution in [0, 0.1) is 11.8 Å². The van der Waals surface area contributed by atoms with Gasteiger partial charge in [0, 0.05) is 45.3 Å². The molecule has 2 aliphatic heterocycles. The third-order valence-electron chi connectivity index (χ3n) is 6.75. The van der Waals surface area contributed by atoms with Gasteiger partial charge >= 0.3 is 0 Å². The Morgan fingerprint density at radius 1 is 1.00 bits per heavy atom. The number of anilines is 1. The van der Waals surface area contributed by atoms with Crippen molar-refractivity contribution in [3.05, 3.63) is 29.8 Å². The summed E-state index contributed by atoms with van der Waals surface area (Å²) in [5, 5.41) is 0. The number of imide groups is 1. The fraction of sp³-hybridized carbons (Fsp3) is 0.609. The van der Waals surface area contributed by atoms with Crippen molar-refractivity contribution in [1.82, 2.24) is 9.80 Å². The van der Waals surface area contributed by atoms with Gasteiger partial charge < -0.3 is 9.80 Å². The van der Waals surface area contributed by atoms with E-state index in [0.717, 1.165) is 44.3 Å². The van der Waals surface area contributed by atoms with Crippen LogP contribution in [0.5, 0.6) is 0 Å². The standard InChI is InChI=1S/C23H31N3O3/c1-24(16-17-8-2-5-11-20(17)25-13-6-7-14-25)21(27)12-15-26-22(28)18-9-3-4-10-19(18)23(26)29/h2,5,8,11,18-19H,3-4,6-7,9-10,12-16H2,1H3. The molecule has 1 aromatic carbocycles. The molecule has 2 atom stereocenters. The van der Waals surface area contributed by atoms with Gasteiger partial charge in [-0.3, -0.25) is 19.3 Å². The summed E-state index contributed by atoms with van der Waals surface area (Å²) < 4.78 is 0. The fourth-order valence-electron chi connectivity index (χ4n) is 5.10. The van der Waals surface area contributed by atoms with Crippen molar-refractivity contribution in [1.29, 1.82) is 0 Å². The van der Waals surface area contributed by atoms with Crippen molar-refractivity contribution >= 4 is 23.4 Å². The molecule has 0 aromatic heterocycles. The van der Waals surface area contributed by atoms with E-state index in [-0.39, 0.29) is 42.5 Å². The summed E-state index contributed by atoms with van der Waals surface area (Å²) in [4.78, 5) is 43.4. The molecular formula is C23H31N3O3. The second kappa shape index (κ2) is 8.56. The molecule has 0 N–H and O–H groups in total. The smallest absolute Gasteiger partial charge is 0.233 e. The van der Waals surface area contributed by atoms with Crippen LogP contribution in [0.1, 0.15) is 50.5 Å². The lowest BCUT2D eigenvalue weighted by Crippen LogP contribution is -2.36. The molecule has 2 saturated heterocycles. The van der Waals surface area contributed by atoms with E-state index < -0.39 is 0 Å². The predicted octanol–water partition coefficient (Wildman–Crippen LogP) is 2.81. The lowest BCUT2D eigenvalue weighted by molar-refractivity contribution is -0.140. The van der Waals surface area contributed by atoms with Crippen LogP contribution in [-0.4, -0.2) is 54.2 Å².